The fourth-order valence-corrected chi connectivity index (χ4v) is 3.73. The van der Waals surface area contributed by atoms with Crippen molar-refractivity contribution < 1.29 is 27.1 Å². The Kier molecular flexibility index (Phi) is 7.33. The van der Waals surface area contributed by atoms with Crippen molar-refractivity contribution in [2.75, 3.05) is 11.8 Å². The number of halogens is 1. The minimum absolute atomic E-state index is 0.0408. The maximum atomic E-state index is 13.8. The number of amides is 1. The third-order valence-electron chi connectivity index (χ3n) is 4.02. The summed E-state index contributed by atoms with van der Waals surface area (Å²) in [4.78, 5) is 24.2. The van der Waals surface area contributed by atoms with Crippen molar-refractivity contribution >= 4 is 27.6 Å². The Labute approximate surface area is 169 Å². The number of sulfonamides is 1. The van der Waals surface area contributed by atoms with Crippen molar-refractivity contribution in [2.24, 2.45) is 5.92 Å². The van der Waals surface area contributed by atoms with Crippen LogP contribution >= 0.6 is 0 Å². The zero-order valence-corrected chi connectivity index (χ0v) is 17.1. The lowest BCUT2D eigenvalue weighted by Gasteiger charge is -2.18. The van der Waals surface area contributed by atoms with Crippen molar-refractivity contribution in [1.29, 1.82) is 0 Å². The molecule has 0 heterocycles. The van der Waals surface area contributed by atoms with Gasteiger partial charge in [0.2, 0.25) is 0 Å². The monoisotopic (exact) mass is 422 g/mol. The summed E-state index contributed by atoms with van der Waals surface area (Å²) >= 11 is 0. The van der Waals surface area contributed by atoms with E-state index in [1.54, 1.807) is 0 Å². The number of hydrogen-bond acceptors (Lipinski definition) is 5. The summed E-state index contributed by atoms with van der Waals surface area (Å²) in [5, 5.41) is 2.56. The molecule has 0 unspecified atom stereocenters. The van der Waals surface area contributed by atoms with Crippen LogP contribution in [0.15, 0.2) is 53.4 Å². The van der Waals surface area contributed by atoms with Crippen LogP contribution in [-0.2, 0) is 19.6 Å². The molecule has 0 aromatic heterocycles. The summed E-state index contributed by atoms with van der Waals surface area (Å²) in [5.41, 5.74) is -0.163. The van der Waals surface area contributed by atoms with Crippen LogP contribution in [0, 0.1) is 11.7 Å². The third kappa shape index (κ3) is 6.02. The molecule has 2 N–H and O–H groups in total. The Balaban J connectivity index is 2.24. The molecule has 0 radical (unpaired) electrons. The number of hydrogen-bond donors (Lipinski definition) is 2. The lowest BCUT2D eigenvalue weighted by Crippen LogP contribution is -2.42. The molecule has 156 valence electrons. The van der Waals surface area contributed by atoms with Gasteiger partial charge in [-0.05, 0) is 42.7 Å². The summed E-state index contributed by atoms with van der Waals surface area (Å²) in [5.74, 6) is -1.81. The van der Waals surface area contributed by atoms with Crippen molar-refractivity contribution in [3.63, 3.8) is 0 Å². The van der Waals surface area contributed by atoms with E-state index >= 15 is 0 Å². The number of esters is 1. The van der Waals surface area contributed by atoms with Crippen molar-refractivity contribution in [1.82, 2.24) is 5.32 Å². The Morgan fingerprint density at radius 3 is 2.41 bits per heavy atom. The topological polar surface area (TPSA) is 102 Å². The second kappa shape index (κ2) is 9.51. The van der Waals surface area contributed by atoms with E-state index in [2.05, 4.69) is 10.0 Å². The number of benzene rings is 2. The molecule has 0 bridgehead atoms. The van der Waals surface area contributed by atoms with Gasteiger partial charge in [0.1, 0.15) is 11.9 Å². The molecule has 29 heavy (non-hydrogen) atoms. The molecular formula is C20H23FN2O5S. The van der Waals surface area contributed by atoms with E-state index in [-0.39, 0.29) is 22.1 Å². The number of anilines is 1. The van der Waals surface area contributed by atoms with Gasteiger partial charge >= 0.3 is 5.97 Å². The van der Waals surface area contributed by atoms with E-state index in [1.807, 2.05) is 13.8 Å². The summed E-state index contributed by atoms with van der Waals surface area (Å²) in [6.07, 6.45) is 0.366. The standard InChI is InChI=1S/C20H23FN2O5S/c1-13(2)11-18(20(25)28-3)22-19(24)14-7-6-8-15(12-14)29(26,27)23-17-10-5-4-9-16(17)21/h4-10,12-13,18,23H,11H2,1-3H3,(H,22,24)/t18-/m0/s1. The average molecular weight is 422 g/mol. The van der Waals surface area contributed by atoms with E-state index in [0.717, 1.165) is 12.1 Å². The summed E-state index contributed by atoms with van der Waals surface area (Å²) in [6.45, 7) is 3.79. The van der Waals surface area contributed by atoms with Gasteiger partial charge in [0.25, 0.3) is 15.9 Å². The molecule has 2 rings (SSSR count). The molecule has 0 fully saturated rings. The molecule has 0 spiro atoms. The Morgan fingerprint density at radius 1 is 1.10 bits per heavy atom. The second-order valence-electron chi connectivity index (χ2n) is 6.79. The Bertz CT molecular complexity index is 992. The Morgan fingerprint density at radius 2 is 1.79 bits per heavy atom. The van der Waals surface area contributed by atoms with Crippen LogP contribution < -0.4 is 10.0 Å². The van der Waals surface area contributed by atoms with E-state index in [0.29, 0.717) is 6.42 Å². The van der Waals surface area contributed by atoms with Gasteiger partial charge in [-0.15, -0.1) is 0 Å². The van der Waals surface area contributed by atoms with Crippen molar-refractivity contribution in [3.05, 3.63) is 59.9 Å². The van der Waals surface area contributed by atoms with Gasteiger partial charge in [-0.3, -0.25) is 9.52 Å². The fraction of sp³-hybridized carbons (Fsp3) is 0.300. The molecule has 0 saturated carbocycles. The highest BCUT2D eigenvalue weighted by Gasteiger charge is 2.24. The van der Waals surface area contributed by atoms with Crippen LogP contribution in [0.1, 0.15) is 30.6 Å². The normalized spacial score (nSPS) is 12.3. The highest BCUT2D eigenvalue weighted by Crippen LogP contribution is 2.20. The average Bonchev–Trinajstić information content (AvgIpc) is 2.68. The van der Waals surface area contributed by atoms with Crippen molar-refractivity contribution in [2.45, 2.75) is 31.2 Å². The van der Waals surface area contributed by atoms with Crippen LogP contribution in [0.5, 0.6) is 0 Å². The number of nitrogens with one attached hydrogen (secondary N) is 2. The van der Waals surface area contributed by atoms with E-state index < -0.39 is 33.8 Å². The lowest BCUT2D eigenvalue weighted by molar-refractivity contribution is -0.143. The van der Waals surface area contributed by atoms with Crippen LogP contribution in [-0.4, -0.2) is 33.4 Å². The number of carbonyl (C=O) groups excluding carboxylic acids is 2. The van der Waals surface area contributed by atoms with Gasteiger partial charge in [-0.2, -0.15) is 0 Å². The molecule has 9 heteroatoms. The first-order valence-corrected chi connectivity index (χ1v) is 10.4. The van der Waals surface area contributed by atoms with E-state index in [9.17, 15) is 22.4 Å². The SMILES string of the molecule is COC(=O)[C@H](CC(C)C)NC(=O)c1cccc(S(=O)(=O)Nc2ccccc2F)c1. The second-order valence-corrected chi connectivity index (χ2v) is 8.47. The largest absolute Gasteiger partial charge is 0.467 e. The highest BCUT2D eigenvalue weighted by atomic mass is 32.2. The quantitative estimate of drug-likeness (QED) is 0.637. The molecule has 1 atom stereocenters. The molecule has 0 aliphatic rings. The molecule has 0 aliphatic heterocycles. The first-order chi connectivity index (χ1) is 13.6. The smallest absolute Gasteiger partial charge is 0.328 e. The highest BCUT2D eigenvalue weighted by molar-refractivity contribution is 7.92. The first kappa shape index (κ1) is 22.4. The summed E-state index contributed by atoms with van der Waals surface area (Å²) in [7, 11) is -2.90. The molecule has 1 amide bonds. The van der Waals surface area contributed by atoms with Gasteiger partial charge in [-0.25, -0.2) is 17.6 Å². The van der Waals surface area contributed by atoms with Gasteiger partial charge < -0.3 is 10.1 Å². The molecule has 2 aromatic rings. The van der Waals surface area contributed by atoms with Crippen LogP contribution in [0.2, 0.25) is 0 Å². The maximum absolute atomic E-state index is 13.8. The zero-order chi connectivity index (χ0) is 21.6. The molecule has 7 nitrogen and oxygen atoms in total. The van der Waals surface area contributed by atoms with Gasteiger partial charge in [0.05, 0.1) is 17.7 Å². The minimum atomic E-state index is -4.12. The van der Waals surface area contributed by atoms with Gasteiger partial charge in [-0.1, -0.05) is 32.0 Å². The fourth-order valence-electron chi connectivity index (χ4n) is 2.62. The number of methoxy groups -OCH3 is 1. The van der Waals surface area contributed by atoms with E-state index in [4.69, 9.17) is 4.74 Å². The predicted octanol–water partition coefficient (Wildman–Crippen LogP) is 2.94. The van der Waals surface area contributed by atoms with E-state index in [1.165, 1.54) is 43.5 Å². The third-order valence-corrected chi connectivity index (χ3v) is 5.39. The minimum Gasteiger partial charge on any atom is -0.467 e. The molecule has 0 saturated heterocycles. The summed E-state index contributed by atoms with van der Waals surface area (Å²) in [6, 6.07) is 9.73. The number of para-hydroxylation sites is 1. The van der Waals surface area contributed by atoms with Crippen LogP contribution in [0.25, 0.3) is 0 Å². The molecule has 2 aromatic carbocycles. The zero-order valence-electron chi connectivity index (χ0n) is 16.3. The summed E-state index contributed by atoms with van der Waals surface area (Å²) < 4.78 is 45.8. The predicted molar refractivity (Wildman–Crippen MR) is 106 cm³/mol. The lowest BCUT2D eigenvalue weighted by atomic mass is 10.0. The van der Waals surface area contributed by atoms with Gasteiger partial charge in [0.15, 0.2) is 0 Å². The molecule has 0 aliphatic carbocycles. The van der Waals surface area contributed by atoms with Crippen molar-refractivity contribution in [3.8, 4) is 0 Å². The maximum Gasteiger partial charge on any atom is 0.328 e. The number of carbonyl (C=O) groups is 2. The number of ether oxygens (including phenoxy) is 1. The van der Waals surface area contributed by atoms with Gasteiger partial charge in [0, 0.05) is 5.56 Å². The Hall–Kier alpha value is -2.94. The van der Waals surface area contributed by atoms with Crippen LogP contribution in [0.3, 0.4) is 0 Å². The van der Waals surface area contributed by atoms with Crippen LogP contribution in [0.4, 0.5) is 10.1 Å². The first-order valence-electron chi connectivity index (χ1n) is 8.90. The number of rotatable bonds is 8. The molecular weight excluding hydrogens is 399 g/mol.